The second-order valence-electron chi connectivity index (χ2n) is 10.1. The van der Waals surface area contributed by atoms with Crippen LogP contribution in [-0.2, 0) is 11.8 Å². The van der Waals surface area contributed by atoms with Crippen molar-refractivity contribution < 1.29 is 0 Å². The lowest BCUT2D eigenvalue weighted by Crippen LogP contribution is -2.45. The van der Waals surface area contributed by atoms with Crippen molar-refractivity contribution in [3.63, 3.8) is 0 Å². The highest BCUT2D eigenvalue weighted by Gasteiger charge is 2.14. The molecule has 33 heavy (non-hydrogen) atoms. The molecule has 6 nitrogen and oxygen atoms in total. The summed E-state index contributed by atoms with van der Waals surface area (Å²) in [6.07, 6.45) is 0.937. The zero-order chi connectivity index (χ0) is 23.3. The maximum Gasteiger partial charge on any atom is 0.225 e. The first kappa shape index (κ1) is 23.5. The van der Waals surface area contributed by atoms with Crippen molar-refractivity contribution in [2.24, 2.45) is 0 Å². The molecule has 2 aromatic carbocycles. The van der Waals surface area contributed by atoms with Crippen molar-refractivity contribution in [3.05, 3.63) is 59.7 Å². The number of hydrogen-bond donors (Lipinski definition) is 2. The lowest BCUT2D eigenvalue weighted by molar-refractivity contribution is 0.158. The minimum Gasteiger partial charge on any atom is -0.368 e. The molecule has 4 rings (SSSR count). The van der Waals surface area contributed by atoms with E-state index in [1.54, 1.807) is 0 Å². The average Bonchev–Trinajstić information content (AvgIpc) is 2.80. The van der Waals surface area contributed by atoms with Crippen LogP contribution in [-0.4, -0.2) is 72.6 Å². The van der Waals surface area contributed by atoms with Crippen LogP contribution in [0, 0.1) is 0 Å². The minimum absolute atomic E-state index is 0.184. The van der Waals surface area contributed by atoms with E-state index in [0.29, 0.717) is 5.95 Å². The zero-order valence-electron chi connectivity index (χ0n) is 20.6. The van der Waals surface area contributed by atoms with Crippen LogP contribution in [0.15, 0.2) is 48.5 Å². The molecule has 0 atom stereocenters. The third kappa shape index (κ3) is 6.42. The van der Waals surface area contributed by atoms with Gasteiger partial charge in [-0.25, -0.2) is 4.98 Å². The van der Waals surface area contributed by atoms with Crippen molar-refractivity contribution in [2.75, 3.05) is 63.5 Å². The molecule has 0 amide bonds. The molecule has 1 aliphatic heterocycles. The quantitative estimate of drug-likeness (QED) is 0.540. The lowest BCUT2D eigenvalue weighted by Gasteiger charge is -2.32. The first-order valence-electron chi connectivity index (χ1n) is 12.1. The summed E-state index contributed by atoms with van der Waals surface area (Å²) in [5, 5.41) is 8.07. The van der Waals surface area contributed by atoms with Crippen LogP contribution >= 0.6 is 0 Å². The van der Waals surface area contributed by atoms with Gasteiger partial charge < -0.3 is 15.5 Å². The number of hydrogen-bond acceptors (Lipinski definition) is 6. The Labute approximate surface area is 198 Å². The van der Waals surface area contributed by atoms with Gasteiger partial charge in [0, 0.05) is 51.2 Å². The number of nitrogens with zero attached hydrogens (tertiary/aromatic N) is 4. The third-order valence-electron chi connectivity index (χ3n) is 6.44. The van der Waals surface area contributed by atoms with E-state index in [1.165, 1.54) is 11.1 Å². The van der Waals surface area contributed by atoms with E-state index in [9.17, 15) is 0 Å². The van der Waals surface area contributed by atoms with Gasteiger partial charge in [0.15, 0.2) is 0 Å². The van der Waals surface area contributed by atoms with Crippen LogP contribution in [0.4, 0.5) is 11.8 Å². The van der Waals surface area contributed by atoms with Gasteiger partial charge in [-0.05, 0) is 42.1 Å². The maximum atomic E-state index is 4.81. The molecule has 1 aromatic heterocycles. The normalized spacial score (nSPS) is 15.6. The molecule has 1 fully saturated rings. The van der Waals surface area contributed by atoms with Gasteiger partial charge in [-0.1, -0.05) is 57.2 Å². The number of nitrogens with one attached hydrogen (secondary N) is 2. The average molecular weight is 447 g/mol. The summed E-state index contributed by atoms with van der Waals surface area (Å²) in [5.41, 5.74) is 3.83. The molecule has 0 spiro atoms. The van der Waals surface area contributed by atoms with Crippen molar-refractivity contribution in [1.82, 2.24) is 19.8 Å². The Morgan fingerprint density at radius 1 is 0.848 bits per heavy atom. The number of fused-ring (bicyclic) bond motifs is 1. The molecular formula is C27H38N6. The minimum atomic E-state index is 0.184. The lowest BCUT2D eigenvalue weighted by atomic mass is 9.86. The fourth-order valence-electron chi connectivity index (χ4n) is 4.18. The highest BCUT2D eigenvalue weighted by molar-refractivity contribution is 5.90. The number of likely N-dealkylation sites (N-methyl/N-ethyl adjacent to an activating group) is 1. The van der Waals surface area contributed by atoms with Crippen molar-refractivity contribution in [1.29, 1.82) is 0 Å². The second-order valence-corrected chi connectivity index (χ2v) is 10.1. The van der Waals surface area contributed by atoms with Gasteiger partial charge in [0.1, 0.15) is 5.82 Å². The first-order valence-corrected chi connectivity index (χ1v) is 12.1. The Morgan fingerprint density at radius 3 is 2.30 bits per heavy atom. The predicted molar refractivity (Wildman–Crippen MR) is 139 cm³/mol. The van der Waals surface area contributed by atoms with E-state index in [1.807, 2.05) is 12.1 Å². The maximum absolute atomic E-state index is 4.81. The van der Waals surface area contributed by atoms with Crippen molar-refractivity contribution in [2.45, 2.75) is 32.6 Å². The van der Waals surface area contributed by atoms with Gasteiger partial charge in [-0.2, -0.15) is 4.98 Å². The summed E-state index contributed by atoms with van der Waals surface area (Å²) in [6, 6.07) is 17.2. The molecule has 2 N–H and O–H groups in total. The molecule has 0 saturated carbocycles. The molecule has 176 valence electrons. The summed E-state index contributed by atoms with van der Waals surface area (Å²) >= 11 is 0. The molecule has 0 radical (unpaired) electrons. The van der Waals surface area contributed by atoms with Crippen molar-refractivity contribution in [3.8, 4) is 0 Å². The Hall–Kier alpha value is -2.70. The van der Waals surface area contributed by atoms with Crippen LogP contribution in [0.25, 0.3) is 10.9 Å². The van der Waals surface area contributed by atoms with Crippen LogP contribution in [0.5, 0.6) is 0 Å². The number of piperazine rings is 1. The molecule has 0 aliphatic carbocycles. The van der Waals surface area contributed by atoms with Crippen LogP contribution in [0.3, 0.4) is 0 Å². The molecular weight excluding hydrogens is 408 g/mol. The molecule has 0 unspecified atom stereocenters. The SMILES string of the molecule is CN1CCN(CCNc2nc(NCCc3ccc(C(C)(C)C)cc3)nc3ccccc23)CC1. The second kappa shape index (κ2) is 10.5. The van der Waals surface area contributed by atoms with Crippen LogP contribution in [0.2, 0.25) is 0 Å². The topological polar surface area (TPSA) is 56.3 Å². The first-order chi connectivity index (χ1) is 15.9. The zero-order valence-corrected chi connectivity index (χ0v) is 20.6. The summed E-state index contributed by atoms with van der Waals surface area (Å²) in [7, 11) is 2.19. The van der Waals surface area contributed by atoms with Crippen molar-refractivity contribution >= 4 is 22.7 Å². The van der Waals surface area contributed by atoms with E-state index in [4.69, 9.17) is 9.97 Å². The number of para-hydroxylation sites is 1. The van der Waals surface area contributed by atoms with Gasteiger partial charge in [-0.15, -0.1) is 0 Å². The highest BCUT2D eigenvalue weighted by Crippen LogP contribution is 2.23. The molecule has 3 aromatic rings. The van der Waals surface area contributed by atoms with Crippen LogP contribution in [0.1, 0.15) is 31.9 Å². The molecule has 6 heteroatoms. The third-order valence-corrected chi connectivity index (χ3v) is 6.44. The van der Waals surface area contributed by atoms with Gasteiger partial charge in [0.25, 0.3) is 0 Å². The fourth-order valence-corrected chi connectivity index (χ4v) is 4.18. The van der Waals surface area contributed by atoms with E-state index in [-0.39, 0.29) is 5.41 Å². The van der Waals surface area contributed by atoms with E-state index in [2.05, 4.69) is 84.7 Å². The number of rotatable bonds is 8. The Kier molecular flexibility index (Phi) is 7.46. The predicted octanol–water partition coefficient (Wildman–Crippen LogP) is 4.24. The molecule has 2 heterocycles. The van der Waals surface area contributed by atoms with E-state index < -0.39 is 0 Å². The standard InChI is InChI=1S/C27H38N6/c1-27(2,3)22-11-9-21(10-12-22)13-14-29-26-30-24-8-6-5-7-23(24)25(31-26)28-15-16-33-19-17-32(4)18-20-33/h5-12H,13-20H2,1-4H3,(H2,28,29,30,31). The Balaban J connectivity index is 1.36. The summed E-state index contributed by atoms with van der Waals surface area (Å²) in [4.78, 5) is 14.5. The summed E-state index contributed by atoms with van der Waals surface area (Å²) in [6.45, 7) is 14.0. The van der Waals surface area contributed by atoms with Gasteiger partial charge in [-0.3, -0.25) is 4.90 Å². The van der Waals surface area contributed by atoms with Gasteiger partial charge >= 0.3 is 0 Å². The highest BCUT2D eigenvalue weighted by atomic mass is 15.3. The smallest absolute Gasteiger partial charge is 0.225 e. The Morgan fingerprint density at radius 2 is 1.58 bits per heavy atom. The Bertz CT molecular complexity index is 1030. The molecule has 1 saturated heterocycles. The monoisotopic (exact) mass is 446 g/mol. The molecule has 0 bridgehead atoms. The number of anilines is 2. The summed E-state index contributed by atoms with van der Waals surface area (Å²) < 4.78 is 0. The van der Waals surface area contributed by atoms with Gasteiger partial charge in [0.2, 0.25) is 5.95 Å². The van der Waals surface area contributed by atoms with E-state index in [0.717, 1.165) is 69.0 Å². The van der Waals surface area contributed by atoms with Gasteiger partial charge in [0.05, 0.1) is 5.52 Å². The fraction of sp³-hybridized carbons (Fsp3) is 0.481. The number of aromatic nitrogens is 2. The molecule has 1 aliphatic rings. The number of benzene rings is 2. The largest absolute Gasteiger partial charge is 0.368 e. The van der Waals surface area contributed by atoms with E-state index >= 15 is 0 Å². The van der Waals surface area contributed by atoms with Crippen LogP contribution < -0.4 is 10.6 Å². The summed E-state index contributed by atoms with van der Waals surface area (Å²) in [5.74, 6) is 1.59.